The van der Waals surface area contributed by atoms with Gasteiger partial charge in [-0.05, 0) is 37.7 Å². The van der Waals surface area contributed by atoms with Crippen LogP contribution < -0.4 is 16.0 Å². The van der Waals surface area contributed by atoms with Crippen LogP contribution in [-0.4, -0.2) is 48.7 Å². The van der Waals surface area contributed by atoms with Crippen molar-refractivity contribution in [3.05, 3.63) is 33.9 Å². The van der Waals surface area contributed by atoms with E-state index in [1.807, 2.05) is 0 Å². The van der Waals surface area contributed by atoms with Gasteiger partial charge in [0.15, 0.2) is 17.3 Å². The predicted molar refractivity (Wildman–Crippen MR) is 119 cm³/mol. The fourth-order valence-electron chi connectivity index (χ4n) is 4.40. The molecule has 0 saturated carbocycles. The molecule has 0 aliphatic carbocycles. The molecule has 9 heteroatoms. The molecule has 3 heterocycles. The molecule has 2 aliphatic rings. The van der Waals surface area contributed by atoms with Gasteiger partial charge in [-0.1, -0.05) is 35.3 Å². The molecule has 30 heavy (non-hydrogen) atoms. The number of hydrogen-bond donors (Lipinski definition) is 2. The number of hydrogen-bond acceptors (Lipinski definition) is 6. The lowest BCUT2D eigenvalue weighted by Crippen LogP contribution is -2.42. The van der Waals surface area contributed by atoms with Crippen LogP contribution in [0.25, 0.3) is 11.3 Å². The molecule has 0 unspecified atom stereocenters. The first-order chi connectivity index (χ1) is 14.3. The van der Waals surface area contributed by atoms with Crippen molar-refractivity contribution in [2.45, 2.75) is 32.3 Å². The Bertz CT molecular complexity index is 976. The highest BCUT2D eigenvalue weighted by molar-refractivity contribution is 6.43. The average molecular weight is 450 g/mol. The molecule has 3 N–H and O–H groups in total. The van der Waals surface area contributed by atoms with Gasteiger partial charge in [0, 0.05) is 25.7 Å². The van der Waals surface area contributed by atoms with Crippen LogP contribution in [-0.2, 0) is 4.74 Å². The smallest absolute Gasteiger partial charge is 0.273 e. The molecule has 2 aliphatic heterocycles. The summed E-state index contributed by atoms with van der Waals surface area (Å²) in [4.78, 5) is 23.9. The number of amides is 1. The number of anilines is 2. The highest BCUT2D eigenvalue weighted by Crippen LogP contribution is 2.43. The Hall–Kier alpha value is -2.09. The maximum atomic E-state index is 12.7. The highest BCUT2D eigenvalue weighted by atomic mass is 35.5. The van der Waals surface area contributed by atoms with Gasteiger partial charge in [0.2, 0.25) is 0 Å². The van der Waals surface area contributed by atoms with Crippen LogP contribution in [0.3, 0.4) is 0 Å². The number of piperidine rings is 1. The number of benzene rings is 1. The first kappa shape index (κ1) is 21.2. The van der Waals surface area contributed by atoms with Crippen LogP contribution in [0.2, 0.25) is 10.0 Å². The van der Waals surface area contributed by atoms with E-state index in [-0.39, 0.29) is 22.8 Å². The maximum absolute atomic E-state index is 12.7. The van der Waals surface area contributed by atoms with E-state index in [9.17, 15) is 4.79 Å². The molecule has 1 spiro atoms. The van der Waals surface area contributed by atoms with E-state index in [1.165, 1.54) is 0 Å². The first-order valence-corrected chi connectivity index (χ1v) is 10.8. The van der Waals surface area contributed by atoms with Crippen molar-refractivity contribution in [2.24, 2.45) is 5.41 Å². The molecule has 1 amide bonds. The number of carbonyl (C=O) groups is 1. The fourth-order valence-corrected chi connectivity index (χ4v) is 4.79. The summed E-state index contributed by atoms with van der Waals surface area (Å²) in [6, 6.07) is 5.20. The SMILES string of the molecule is CNC(=O)c1nc(-c2cccc(Cl)c2Cl)c(N)nc1N1CCC2(CC1)CO[C@@H](C)C2. The molecular formula is C21H25Cl2N5O2. The Kier molecular flexibility index (Phi) is 5.79. The maximum Gasteiger partial charge on any atom is 0.273 e. The Morgan fingerprint density at radius 2 is 2.03 bits per heavy atom. The van der Waals surface area contributed by atoms with Gasteiger partial charge < -0.3 is 20.7 Å². The van der Waals surface area contributed by atoms with Crippen molar-refractivity contribution < 1.29 is 9.53 Å². The van der Waals surface area contributed by atoms with E-state index in [4.69, 9.17) is 33.7 Å². The molecule has 1 atom stereocenters. The predicted octanol–water partition coefficient (Wildman–Crippen LogP) is 3.79. The van der Waals surface area contributed by atoms with Crippen molar-refractivity contribution in [2.75, 3.05) is 37.4 Å². The minimum Gasteiger partial charge on any atom is -0.382 e. The van der Waals surface area contributed by atoms with E-state index >= 15 is 0 Å². The van der Waals surface area contributed by atoms with Crippen molar-refractivity contribution in [1.29, 1.82) is 0 Å². The van der Waals surface area contributed by atoms with E-state index in [0.717, 1.165) is 39.0 Å². The second kappa shape index (κ2) is 8.21. The summed E-state index contributed by atoms with van der Waals surface area (Å²) in [6.45, 7) is 4.46. The number of nitrogens with zero attached hydrogens (tertiary/aromatic N) is 3. The molecule has 2 fully saturated rings. The van der Waals surface area contributed by atoms with E-state index < -0.39 is 0 Å². The minimum absolute atomic E-state index is 0.208. The second-order valence-corrected chi connectivity index (χ2v) is 8.91. The first-order valence-electron chi connectivity index (χ1n) is 10.0. The summed E-state index contributed by atoms with van der Waals surface area (Å²) < 4.78 is 5.82. The molecule has 2 saturated heterocycles. The molecule has 4 rings (SSSR count). The normalized spacial score (nSPS) is 20.5. The zero-order chi connectivity index (χ0) is 21.5. The van der Waals surface area contributed by atoms with Crippen LogP contribution >= 0.6 is 23.2 Å². The summed E-state index contributed by atoms with van der Waals surface area (Å²) >= 11 is 12.5. The van der Waals surface area contributed by atoms with Gasteiger partial charge in [-0.25, -0.2) is 9.97 Å². The van der Waals surface area contributed by atoms with Gasteiger partial charge in [-0.15, -0.1) is 0 Å². The van der Waals surface area contributed by atoms with Gasteiger partial charge in [0.25, 0.3) is 5.91 Å². The Morgan fingerprint density at radius 3 is 2.67 bits per heavy atom. The monoisotopic (exact) mass is 449 g/mol. The number of ether oxygens (including phenoxy) is 1. The van der Waals surface area contributed by atoms with Gasteiger partial charge >= 0.3 is 0 Å². The zero-order valence-electron chi connectivity index (χ0n) is 17.0. The number of rotatable bonds is 3. The third-order valence-corrected chi connectivity index (χ3v) is 6.89. The number of nitrogen functional groups attached to an aromatic ring is 1. The van der Waals surface area contributed by atoms with Crippen LogP contribution in [0.1, 0.15) is 36.7 Å². The van der Waals surface area contributed by atoms with Gasteiger partial charge in [0.05, 0.1) is 22.8 Å². The van der Waals surface area contributed by atoms with Crippen LogP contribution in [0, 0.1) is 5.41 Å². The summed E-state index contributed by atoms with van der Waals surface area (Å²) in [5.41, 5.74) is 7.60. The minimum atomic E-state index is -0.324. The quantitative estimate of drug-likeness (QED) is 0.739. The topological polar surface area (TPSA) is 93.4 Å². The Labute approximate surface area is 185 Å². The number of carbonyl (C=O) groups excluding carboxylic acids is 1. The number of halogens is 2. The van der Waals surface area contributed by atoms with E-state index in [0.29, 0.717) is 33.2 Å². The summed E-state index contributed by atoms with van der Waals surface area (Å²) in [7, 11) is 1.57. The summed E-state index contributed by atoms with van der Waals surface area (Å²) in [6.07, 6.45) is 3.33. The molecule has 1 aromatic heterocycles. The number of nitrogens with one attached hydrogen (secondary N) is 1. The fraction of sp³-hybridized carbons (Fsp3) is 0.476. The van der Waals surface area contributed by atoms with Crippen molar-refractivity contribution >= 4 is 40.7 Å². The molecule has 1 aromatic carbocycles. The van der Waals surface area contributed by atoms with E-state index in [2.05, 4.69) is 27.1 Å². The van der Waals surface area contributed by atoms with Gasteiger partial charge in [-0.2, -0.15) is 0 Å². The lowest BCUT2D eigenvalue weighted by Gasteiger charge is -2.39. The van der Waals surface area contributed by atoms with Gasteiger partial charge in [0.1, 0.15) is 5.69 Å². The zero-order valence-corrected chi connectivity index (χ0v) is 18.6. The van der Waals surface area contributed by atoms with Crippen LogP contribution in [0.15, 0.2) is 18.2 Å². The molecule has 0 radical (unpaired) electrons. The number of aromatic nitrogens is 2. The van der Waals surface area contributed by atoms with Gasteiger partial charge in [-0.3, -0.25) is 4.79 Å². The van der Waals surface area contributed by atoms with Crippen molar-refractivity contribution in [3.8, 4) is 11.3 Å². The van der Waals surface area contributed by atoms with Crippen LogP contribution in [0.4, 0.5) is 11.6 Å². The third-order valence-electron chi connectivity index (χ3n) is 6.07. The summed E-state index contributed by atoms with van der Waals surface area (Å²) in [5.74, 6) is 0.380. The Morgan fingerprint density at radius 1 is 1.30 bits per heavy atom. The molecule has 160 valence electrons. The van der Waals surface area contributed by atoms with Crippen molar-refractivity contribution in [3.63, 3.8) is 0 Å². The van der Waals surface area contributed by atoms with E-state index in [1.54, 1.807) is 25.2 Å². The Balaban J connectivity index is 1.69. The molecule has 2 aromatic rings. The standard InChI is InChI=1S/C21H25Cl2N5O2/c1-12-10-21(11-30-12)6-8-28(9-7-21)19-17(20(29)25-2)26-16(18(24)27-19)13-4-3-5-14(22)15(13)23/h3-5,12H,6-11H2,1-2H3,(H2,24,27)(H,25,29)/t12-/m0/s1. The largest absolute Gasteiger partial charge is 0.382 e. The highest BCUT2D eigenvalue weighted by Gasteiger charge is 2.41. The third kappa shape index (κ3) is 3.82. The van der Waals surface area contributed by atoms with Crippen molar-refractivity contribution in [1.82, 2.24) is 15.3 Å². The average Bonchev–Trinajstić information content (AvgIpc) is 3.10. The number of nitrogens with two attached hydrogens (primary N) is 1. The van der Waals surface area contributed by atoms with Crippen LogP contribution in [0.5, 0.6) is 0 Å². The lowest BCUT2D eigenvalue weighted by molar-refractivity contribution is 0.0952. The molecule has 0 bridgehead atoms. The second-order valence-electron chi connectivity index (χ2n) is 8.12. The molecular weight excluding hydrogens is 425 g/mol. The lowest BCUT2D eigenvalue weighted by atomic mass is 9.77. The molecule has 7 nitrogen and oxygen atoms in total. The summed E-state index contributed by atoms with van der Waals surface area (Å²) in [5, 5.41) is 3.36.